The molecule has 2 aromatic rings. The Bertz CT molecular complexity index is 1070. The van der Waals surface area contributed by atoms with Gasteiger partial charge in [0.25, 0.3) is 5.91 Å². The second-order valence-electron chi connectivity index (χ2n) is 6.70. The number of rotatable bonds is 7. The van der Waals surface area contributed by atoms with Gasteiger partial charge in [-0.1, -0.05) is 0 Å². The molecule has 0 aliphatic rings. The first-order chi connectivity index (χ1) is 16.2. The third kappa shape index (κ3) is 6.61. The summed E-state index contributed by atoms with van der Waals surface area (Å²) in [6, 6.07) is 7.52. The van der Waals surface area contributed by atoms with Crippen LogP contribution in [0.2, 0.25) is 0 Å². The van der Waals surface area contributed by atoms with E-state index < -0.39 is 59.4 Å². The Morgan fingerprint density at radius 2 is 1.51 bits per heavy atom. The molecule has 7 nitrogen and oxygen atoms in total. The molecule has 14 heteroatoms. The van der Waals surface area contributed by atoms with Gasteiger partial charge >= 0.3 is 24.0 Å². The number of amidine groups is 1. The third-order valence-corrected chi connectivity index (χ3v) is 4.28. The summed E-state index contributed by atoms with van der Waals surface area (Å²) in [6.07, 6.45) is -11.5. The first-order valence-corrected chi connectivity index (χ1v) is 9.63. The smallest absolute Gasteiger partial charge is 0.449 e. The molecule has 0 fully saturated rings. The van der Waals surface area contributed by atoms with Gasteiger partial charge in [-0.25, -0.2) is 14.2 Å². The molecule has 2 N–H and O–H groups in total. The maximum absolute atomic E-state index is 14.2. The molecular weight excluding hydrogens is 491 g/mol. The molecule has 0 aliphatic heterocycles. The highest BCUT2D eigenvalue weighted by atomic mass is 19.4. The fourth-order valence-corrected chi connectivity index (χ4v) is 2.59. The maximum atomic E-state index is 14.2. The number of alkyl halides is 6. The lowest BCUT2D eigenvalue weighted by Gasteiger charge is -2.31. The van der Waals surface area contributed by atoms with Crippen molar-refractivity contribution < 1.29 is 49.8 Å². The van der Waals surface area contributed by atoms with Crippen LogP contribution in [0.3, 0.4) is 0 Å². The van der Waals surface area contributed by atoms with Gasteiger partial charge in [-0.05, 0) is 55.5 Å². The molecule has 0 heterocycles. The molecule has 0 radical (unpaired) electrons. The lowest BCUT2D eigenvalue weighted by atomic mass is 10.1. The van der Waals surface area contributed by atoms with E-state index in [-0.39, 0.29) is 5.75 Å². The largest absolute Gasteiger partial charge is 0.497 e. The minimum absolute atomic E-state index is 0.231. The van der Waals surface area contributed by atoms with Gasteiger partial charge in [-0.3, -0.25) is 4.79 Å². The number of benzene rings is 2. The maximum Gasteiger partial charge on any atom is 0.449 e. The Labute approximate surface area is 193 Å². The molecule has 1 amide bonds. The number of carbonyl (C=O) groups is 2. The fourth-order valence-electron chi connectivity index (χ4n) is 2.59. The molecular formula is C21H18F7N3O4. The molecule has 0 saturated heterocycles. The molecule has 2 rings (SSSR count). The molecule has 2 aromatic carbocycles. The number of nitrogens with one attached hydrogen (secondary N) is 2. The van der Waals surface area contributed by atoms with Gasteiger partial charge in [0.2, 0.25) is 5.84 Å². The molecule has 35 heavy (non-hydrogen) atoms. The van der Waals surface area contributed by atoms with E-state index in [1.807, 2.05) is 0 Å². The first kappa shape index (κ1) is 27.4. The van der Waals surface area contributed by atoms with Crippen LogP contribution in [-0.2, 0) is 9.53 Å². The van der Waals surface area contributed by atoms with E-state index in [4.69, 9.17) is 4.74 Å². The molecule has 190 valence electrons. The highest BCUT2D eigenvalue weighted by Crippen LogP contribution is 2.35. The fraction of sp³-hybridized carbons (Fsp3) is 0.286. The van der Waals surface area contributed by atoms with Crippen molar-refractivity contribution in [1.82, 2.24) is 5.32 Å². The second kappa shape index (κ2) is 10.6. The van der Waals surface area contributed by atoms with Gasteiger partial charge in [-0.2, -0.15) is 26.3 Å². The van der Waals surface area contributed by atoms with E-state index in [0.29, 0.717) is 0 Å². The van der Waals surface area contributed by atoms with Crippen LogP contribution < -0.4 is 15.4 Å². The van der Waals surface area contributed by atoms with Crippen LogP contribution >= 0.6 is 0 Å². The van der Waals surface area contributed by atoms with Crippen LogP contribution in [-0.4, -0.2) is 49.4 Å². The number of methoxy groups -OCH3 is 1. The lowest BCUT2D eigenvalue weighted by Crippen LogP contribution is -2.64. The molecule has 1 atom stereocenters. The second-order valence-corrected chi connectivity index (χ2v) is 6.70. The monoisotopic (exact) mass is 509 g/mol. The van der Waals surface area contributed by atoms with Crippen molar-refractivity contribution in [3.05, 3.63) is 59.9 Å². The van der Waals surface area contributed by atoms with E-state index in [1.54, 1.807) is 5.32 Å². The van der Waals surface area contributed by atoms with Crippen molar-refractivity contribution >= 4 is 23.4 Å². The summed E-state index contributed by atoms with van der Waals surface area (Å²) in [6.45, 7) is 0.437. The van der Waals surface area contributed by atoms with Crippen molar-refractivity contribution in [3.63, 3.8) is 0 Å². The van der Waals surface area contributed by atoms with Crippen LogP contribution in [0.15, 0.2) is 53.5 Å². The van der Waals surface area contributed by atoms with Gasteiger partial charge in [0.15, 0.2) is 0 Å². The summed E-state index contributed by atoms with van der Waals surface area (Å²) in [7, 11) is 1.28. The van der Waals surface area contributed by atoms with Crippen LogP contribution in [0.4, 0.5) is 36.4 Å². The van der Waals surface area contributed by atoms with E-state index in [2.05, 4.69) is 9.73 Å². The molecule has 1 unspecified atom stereocenters. The molecule has 0 aliphatic carbocycles. The number of ether oxygens (including phenoxy) is 2. The van der Waals surface area contributed by atoms with Gasteiger partial charge in [0.05, 0.1) is 13.7 Å². The summed E-state index contributed by atoms with van der Waals surface area (Å²) in [5, 5.41) is 2.82. The average molecular weight is 509 g/mol. The van der Waals surface area contributed by atoms with Crippen LogP contribution in [0.1, 0.15) is 17.3 Å². The number of hydrogen-bond donors (Lipinski definition) is 2. The average Bonchev–Trinajstić information content (AvgIpc) is 2.78. The zero-order valence-electron chi connectivity index (χ0n) is 18.1. The Morgan fingerprint density at radius 1 is 0.943 bits per heavy atom. The van der Waals surface area contributed by atoms with Crippen molar-refractivity contribution in [2.45, 2.75) is 24.9 Å². The molecule has 0 bridgehead atoms. The van der Waals surface area contributed by atoms with E-state index >= 15 is 0 Å². The summed E-state index contributed by atoms with van der Waals surface area (Å²) in [4.78, 5) is 27.6. The van der Waals surface area contributed by atoms with Crippen molar-refractivity contribution in [2.75, 3.05) is 19.0 Å². The van der Waals surface area contributed by atoms with Crippen molar-refractivity contribution in [2.24, 2.45) is 4.99 Å². The van der Waals surface area contributed by atoms with Crippen LogP contribution in [0, 0.1) is 5.82 Å². The number of anilines is 1. The zero-order valence-corrected chi connectivity index (χ0v) is 18.1. The Balaban J connectivity index is 2.66. The standard InChI is InChI=1S/C21H18F7N3O4/c1-3-35-18(33)19(21(26,27)28,30-16(32)12-4-10-15(34-2)11-5-12)31-17(20(23,24)25)29-14-8-6-13(22)7-9-14/h4-11H,3H2,1-2H3,(H,29,31)(H,30,32). The lowest BCUT2D eigenvalue weighted by molar-refractivity contribution is -0.209. The quantitative estimate of drug-likeness (QED) is 0.249. The highest BCUT2D eigenvalue weighted by Gasteiger charge is 2.65. The predicted octanol–water partition coefficient (Wildman–Crippen LogP) is 4.46. The predicted molar refractivity (Wildman–Crippen MR) is 109 cm³/mol. The number of halogens is 7. The summed E-state index contributed by atoms with van der Waals surface area (Å²) in [5.41, 5.74) is -5.43. The van der Waals surface area contributed by atoms with Crippen LogP contribution in [0.25, 0.3) is 0 Å². The number of esters is 1. The van der Waals surface area contributed by atoms with Gasteiger partial charge in [0.1, 0.15) is 11.6 Å². The minimum atomic E-state index is -5.89. The molecule has 0 spiro atoms. The number of aliphatic imine (C=N–C) groups is 1. The summed E-state index contributed by atoms with van der Waals surface area (Å²) >= 11 is 0. The van der Waals surface area contributed by atoms with Crippen molar-refractivity contribution in [1.29, 1.82) is 0 Å². The van der Waals surface area contributed by atoms with Gasteiger partial charge in [0, 0.05) is 11.3 Å². The number of carbonyl (C=O) groups excluding carboxylic acids is 2. The first-order valence-electron chi connectivity index (χ1n) is 9.63. The summed E-state index contributed by atoms with van der Waals surface area (Å²) < 4.78 is 106. The SMILES string of the molecule is CCOC(=O)C(/N=C(\Nc1ccc(F)cc1)C(F)(F)F)(NC(=O)c1ccc(OC)cc1)C(F)(F)F. The Kier molecular flexibility index (Phi) is 8.31. The molecule has 0 saturated carbocycles. The van der Waals surface area contributed by atoms with E-state index in [9.17, 15) is 40.3 Å². The third-order valence-electron chi connectivity index (χ3n) is 4.28. The zero-order chi connectivity index (χ0) is 26.4. The number of amides is 1. The topological polar surface area (TPSA) is 89.0 Å². The Hall–Kier alpha value is -3.84. The normalized spacial score (nSPS) is 14.0. The van der Waals surface area contributed by atoms with Crippen molar-refractivity contribution in [3.8, 4) is 5.75 Å². The number of hydrogen-bond acceptors (Lipinski definition) is 5. The van der Waals surface area contributed by atoms with E-state index in [1.165, 1.54) is 24.6 Å². The van der Waals surface area contributed by atoms with Gasteiger partial charge < -0.3 is 20.1 Å². The molecule has 0 aromatic heterocycles. The van der Waals surface area contributed by atoms with Gasteiger partial charge in [-0.15, -0.1) is 0 Å². The summed E-state index contributed by atoms with van der Waals surface area (Å²) in [5.74, 6) is -6.79. The highest BCUT2D eigenvalue weighted by molar-refractivity contribution is 6.03. The van der Waals surface area contributed by atoms with Crippen LogP contribution in [0.5, 0.6) is 5.75 Å². The Morgan fingerprint density at radius 3 is 1.97 bits per heavy atom. The van der Waals surface area contributed by atoms with E-state index in [0.717, 1.165) is 43.3 Å². The minimum Gasteiger partial charge on any atom is -0.497 e. The number of nitrogens with zero attached hydrogens (tertiary/aromatic N) is 1.